The zero-order valence-corrected chi connectivity index (χ0v) is 19.0. The number of aliphatic hydroxyl groups is 1. The Balaban J connectivity index is 1.76. The number of carbonyl (C=O) groups is 3. The Morgan fingerprint density at radius 1 is 1.31 bits per heavy atom. The Morgan fingerprint density at radius 3 is 2.53 bits per heavy atom. The van der Waals surface area contributed by atoms with E-state index >= 15 is 0 Å². The van der Waals surface area contributed by atoms with Gasteiger partial charge in [0.15, 0.2) is 0 Å². The van der Waals surface area contributed by atoms with Gasteiger partial charge >= 0.3 is 0 Å². The molecule has 9 heteroatoms. The van der Waals surface area contributed by atoms with Crippen molar-refractivity contribution in [2.75, 3.05) is 26.1 Å². The highest BCUT2D eigenvalue weighted by molar-refractivity contribution is 6.04. The van der Waals surface area contributed by atoms with Crippen molar-refractivity contribution in [2.24, 2.45) is 17.8 Å². The monoisotopic (exact) mass is 445 g/mol. The third-order valence-corrected chi connectivity index (χ3v) is 7.63. The number of carbonyl (C=O) groups excluding carboxylic acids is 3. The zero-order chi connectivity index (χ0) is 23.4. The molecule has 3 aliphatic rings. The Kier molecular flexibility index (Phi) is 5.45. The van der Waals surface area contributed by atoms with Crippen molar-refractivity contribution in [3.8, 4) is 5.75 Å². The fourth-order valence-corrected chi connectivity index (χ4v) is 5.98. The van der Waals surface area contributed by atoms with Gasteiger partial charge in [0.2, 0.25) is 17.7 Å². The number of likely N-dealkylation sites (tertiary alicyclic amines) is 1. The maximum Gasteiger partial charge on any atom is 0.250 e. The van der Waals surface area contributed by atoms with E-state index in [-0.39, 0.29) is 24.3 Å². The molecule has 3 N–H and O–H groups in total. The highest BCUT2D eigenvalue weighted by Gasteiger charge is 2.80. The standard InChI is InChI=1S/C23H31N3O6/c1-12-10-23-17(16(19(28)24-4)22(12,3)32-23)21(30)26(13(2)11-27)18(23)20(29)25-14-6-8-15(31-5)9-7-14/h6-9,12-13,16-18,27H,10-11H2,1-5H3,(H,24,28)(H,25,29)/t12?,13-,16+,17+,18?,22-,23?/m1/s1. The number of nitrogens with one attached hydrogen (secondary N) is 2. The molecule has 1 aromatic carbocycles. The quantitative estimate of drug-likeness (QED) is 0.596. The molecule has 1 aromatic rings. The first kappa shape index (κ1) is 22.5. The molecule has 0 saturated carbocycles. The second-order valence-corrected chi connectivity index (χ2v) is 9.31. The van der Waals surface area contributed by atoms with E-state index in [0.717, 1.165) is 0 Å². The van der Waals surface area contributed by atoms with Crippen LogP contribution in [-0.4, -0.2) is 71.8 Å². The predicted octanol–water partition coefficient (Wildman–Crippen LogP) is 0.771. The van der Waals surface area contributed by atoms with Crippen molar-refractivity contribution in [3.63, 3.8) is 0 Å². The molecule has 3 fully saturated rings. The van der Waals surface area contributed by atoms with Gasteiger partial charge in [-0.3, -0.25) is 14.4 Å². The molecule has 4 rings (SSSR count). The minimum absolute atomic E-state index is 0.0329. The van der Waals surface area contributed by atoms with Crippen LogP contribution in [0.1, 0.15) is 27.2 Å². The van der Waals surface area contributed by atoms with E-state index < -0.39 is 41.0 Å². The first-order valence-electron chi connectivity index (χ1n) is 10.9. The van der Waals surface area contributed by atoms with Crippen LogP contribution in [0.3, 0.4) is 0 Å². The van der Waals surface area contributed by atoms with E-state index in [0.29, 0.717) is 17.9 Å². The summed E-state index contributed by atoms with van der Waals surface area (Å²) in [7, 11) is 3.10. The van der Waals surface area contributed by atoms with Crippen molar-refractivity contribution < 1.29 is 29.0 Å². The van der Waals surface area contributed by atoms with Crippen LogP contribution >= 0.6 is 0 Å². The maximum atomic E-state index is 13.7. The number of nitrogens with zero attached hydrogens (tertiary/aromatic N) is 1. The maximum absolute atomic E-state index is 13.7. The lowest BCUT2D eigenvalue weighted by Gasteiger charge is -2.36. The molecule has 3 amide bonds. The number of methoxy groups -OCH3 is 1. The average Bonchev–Trinajstić information content (AvgIpc) is 3.30. The summed E-state index contributed by atoms with van der Waals surface area (Å²) in [5, 5.41) is 15.4. The van der Waals surface area contributed by atoms with Gasteiger partial charge in [-0.25, -0.2) is 0 Å². The molecule has 3 unspecified atom stereocenters. The van der Waals surface area contributed by atoms with Gasteiger partial charge in [-0.05, 0) is 50.5 Å². The van der Waals surface area contributed by atoms with Gasteiger partial charge in [0.1, 0.15) is 17.4 Å². The van der Waals surface area contributed by atoms with Crippen LogP contribution in [0.15, 0.2) is 24.3 Å². The molecule has 0 aliphatic carbocycles. The van der Waals surface area contributed by atoms with Crippen LogP contribution < -0.4 is 15.4 Å². The van der Waals surface area contributed by atoms with Crippen molar-refractivity contribution in [1.82, 2.24) is 10.2 Å². The molecule has 32 heavy (non-hydrogen) atoms. The largest absolute Gasteiger partial charge is 0.497 e. The van der Waals surface area contributed by atoms with E-state index in [9.17, 15) is 19.5 Å². The zero-order valence-electron chi connectivity index (χ0n) is 19.0. The predicted molar refractivity (Wildman–Crippen MR) is 116 cm³/mol. The molecule has 174 valence electrons. The van der Waals surface area contributed by atoms with Gasteiger partial charge in [0.25, 0.3) is 0 Å². The molecule has 1 spiro atoms. The van der Waals surface area contributed by atoms with E-state index in [1.807, 2.05) is 13.8 Å². The summed E-state index contributed by atoms with van der Waals surface area (Å²) in [4.78, 5) is 41.6. The van der Waals surface area contributed by atoms with Gasteiger partial charge in [-0.1, -0.05) is 6.92 Å². The van der Waals surface area contributed by atoms with E-state index in [1.165, 1.54) is 11.9 Å². The molecule has 2 bridgehead atoms. The van der Waals surface area contributed by atoms with Crippen LogP contribution in [0.4, 0.5) is 5.69 Å². The SMILES string of the molecule is CNC(=O)[C@@H]1[C@H]2C(=O)N([C@H](C)CO)C(C(=O)Nc3ccc(OC)cc3)C23CC(C)[C@@]1(C)O3. The highest BCUT2D eigenvalue weighted by Crippen LogP contribution is 2.65. The van der Waals surface area contributed by atoms with Crippen LogP contribution in [0.5, 0.6) is 5.75 Å². The number of rotatable bonds is 6. The summed E-state index contributed by atoms with van der Waals surface area (Å²) in [6.45, 7) is 5.23. The molecule has 3 aliphatic heterocycles. The van der Waals surface area contributed by atoms with Crippen LogP contribution in [0, 0.1) is 17.8 Å². The number of hydrogen-bond acceptors (Lipinski definition) is 6. The average molecular weight is 446 g/mol. The smallest absolute Gasteiger partial charge is 0.250 e. The fraction of sp³-hybridized carbons (Fsp3) is 0.609. The van der Waals surface area contributed by atoms with Gasteiger partial charge < -0.3 is 30.1 Å². The third-order valence-electron chi connectivity index (χ3n) is 7.63. The summed E-state index contributed by atoms with van der Waals surface area (Å²) in [5.41, 5.74) is -1.44. The number of hydrogen-bond donors (Lipinski definition) is 3. The second-order valence-electron chi connectivity index (χ2n) is 9.31. The minimum atomic E-state index is -1.14. The van der Waals surface area contributed by atoms with Crippen molar-refractivity contribution in [1.29, 1.82) is 0 Å². The van der Waals surface area contributed by atoms with Gasteiger partial charge in [-0.2, -0.15) is 0 Å². The van der Waals surface area contributed by atoms with E-state index in [1.54, 1.807) is 38.3 Å². The normalized spacial score (nSPS) is 36.1. The lowest BCUT2D eigenvalue weighted by atomic mass is 9.62. The van der Waals surface area contributed by atoms with Crippen molar-refractivity contribution >= 4 is 23.4 Å². The van der Waals surface area contributed by atoms with Gasteiger partial charge in [0.05, 0.1) is 37.2 Å². The molecular weight excluding hydrogens is 414 g/mol. The Labute approximate surface area is 187 Å². The first-order valence-corrected chi connectivity index (χ1v) is 10.9. The molecule has 7 atom stereocenters. The van der Waals surface area contributed by atoms with E-state index in [2.05, 4.69) is 10.6 Å². The number of amides is 3. The Morgan fingerprint density at radius 2 is 1.97 bits per heavy atom. The Hall–Kier alpha value is -2.65. The van der Waals surface area contributed by atoms with E-state index in [4.69, 9.17) is 9.47 Å². The number of benzene rings is 1. The van der Waals surface area contributed by atoms with Gasteiger partial charge in [0, 0.05) is 12.7 Å². The number of ether oxygens (including phenoxy) is 2. The Bertz CT molecular complexity index is 936. The van der Waals surface area contributed by atoms with Crippen LogP contribution in [0.25, 0.3) is 0 Å². The molecule has 0 radical (unpaired) electrons. The summed E-state index contributed by atoms with van der Waals surface area (Å²) in [5.74, 6) is -1.88. The molecule has 9 nitrogen and oxygen atoms in total. The lowest BCUT2D eigenvalue weighted by molar-refractivity contribution is -0.148. The highest BCUT2D eigenvalue weighted by atomic mass is 16.5. The fourth-order valence-electron chi connectivity index (χ4n) is 5.98. The van der Waals surface area contributed by atoms with Gasteiger partial charge in [-0.15, -0.1) is 0 Å². The lowest BCUT2D eigenvalue weighted by Crippen LogP contribution is -2.56. The van der Waals surface area contributed by atoms with Crippen molar-refractivity contribution in [2.45, 2.75) is 50.5 Å². The van der Waals surface area contributed by atoms with Crippen molar-refractivity contribution in [3.05, 3.63) is 24.3 Å². The summed E-state index contributed by atoms with van der Waals surface area (Å²) in [6, 6.07) is 5.31. The summed E-state index contributed by atoms with van der Waals surface area (Å²) < 4.78 is 11.7. The topological polar surface area (TPSA) is 117 Å². The second kappa shape index (κ2) is 7.74. The van der Waals surface area contributed by atoms with Crippen LogP contribution in [-0.2, 0) is 19.1 Å². The molecule has 3 saturated heterocycles. The minimum Gasteiger partial charge on any atom is -0.497 e. The van der Waals surface area contributed by atoms with Crippen LogP contribution in [0.2, 0.25) is 0 Å². The number of anilines is 1. The molecular formula is C23H31N3O6. The summed E-state index contributed by atoms with van der Waals surface area (Å²) in [6.07, 6.45) is 0.475. The summed E-state index contributed by atoms with van der Waals surface area (Å²) >= 11 is 0. The number of aliphatic hydroxyl groups excluding tert-OH is 1. The number of fused-ring (bicyclic) bond motifs is 1. The first-order chi connectivity index (χ1) is 15.1. The third kappa shape index (κ3) is 2.94. The molecule has 0 aromatic heterocycles. The molecule has 3 heterocycles.